The average Bonchev–Trinajstić information content (AvgIpc) is 3.17. The molecule has 11 heteroatoms. The molecular formula is C20H21FN4O4S2. The number of hydrogen-bond donors (Lipinski definition) is 2. The fraction of sp³-hybridized carbons (Fsp3) is 0.250. The van der Waals surface area contributed by atoms with Crippen molar-refractivity contribution in [3.63, 3.8) is 0 Å². The zero-order valence-electron chi connectivity index (χ0n) is 17.3. The van der Waals surface area contributed by atoms with Crippen LogP contribution in [-0.2, 0) is 14.6 Å². The molecule has 2 N–H and O–H groups in total. The summed E-state index contributed by atoms with van der Waals surface area (Å²) in [5.41, 5.74) is 0.760. The number of nitrogens with zero attached hydrogens (tertiary/aromatic N) is 2. The molecule has 1 aromatic heterocycles. The Labute approximate surface area is 183 Å². The van der Waals surface area contributed by atoms with Crippen LogP contribution in [0, 0.1) is 5.82 Å². The Balaban J connectivity index is 1.71. The van der Waals surface area contributed by atoms with Crippen molar-refractivity contribution in [2.75, 3.05) is 18.7 Å². The Morgan fingerprint density at radius 2 is 1.87 bits per heavy atom. The maximum absolute atomic E-state index is 14.4. The minimum atomic E-state index is -3.52. The van der Waals surface area contributed by atoms with E-state index in [1.54, 1.807) is 45.2 Å². The molecule has 0 fully saturated rings. The molecule has 3 rings (SSSR count). The van der Waals surface area contributed by atoms with Crippen molar-refractivity contribution in [1.29, 1.82) is 0 Å². The minimum Gasteiger partial charge on any atom is -0.497 e. The SMILES string of the molecule is COc1ccc(-c2nc(NC(=O)C(C)(C)Sc3ccc(S(C)(=O)=O)cc3F)n[nH]2)cc1. The van der Waals surface area contributed by atoms with Crippen LogP contribution in [0.4, 0.5) is 10.3 Å². The number of anilines is 1. The third kappa shape index (κ3) is 5.42. The molecule has 0 aliphatic heterocycles. The normalized spacial score (nSPS) is 11.9. The average molecular weight is 465 g/mol. The van der Waals surface area contributed by atoms with E-state index >= 15 is 0 Å². The Hall–Kier alpha value is -2.92. The lowest BCUT2D eigenvalue weighted by atomic mass is 10.2. The first kappa shape index (κ1) is 22.8. The molecule has 1 amide bonds. The minimum absolute atomic E-state index is 0.0809. The zero-order chi connectivity index (χ0) is 22.8. The molecule has 0 atom stereocenters. The molecule has 31 heavy (non-hydrogen) atoms. The summed E-state index contributed by atoms with van der Waals surface area (Å²) in [6.45, 7) is 3.24. The molecule has 0 aliphatic rings. The molecule has 0 saturated carbocycles. The lowest BCUT2D eigenvalue weighted by Crippen LogP contribution is -2.34. The van der Waals surface area contributed by atoms with Crippen LogP contribution >= 0.6 is 11.8 Å². The van der Waals surface area contributed by atoms with E-state index in [2.05, 4.69) is 20.5 Å². The van der Waals surface area contributed by atoms with Gasteiger partial charge in [-0.25, -0.2) is 12.8 Å². The lowest BCUT2D eigenvalue weighted by molar-refractivity contribution is -0.117. The highest BCUT2D eigenvalue weighted by Gasteiger charge is 2.31. The standard InChI is InChI=1S/C20H21FN4O4S2/c1-20(2,30-16-10-9-14(11-15(16)21)31(4,27)28)18(26)23-19-22-17(24-25-19)12-5-7-13(29-3)8-6-12/h5-11H,1-4H3,(H2,22,23,24,25,26). The maximum atomic E-state index is 14.4. The van der Waals surface area contributed by atoms with Gasteiger partial charge >= 0.3 is 0 Å². The van der Waals surface area contributed by atoms with Crippen LogP contribution < -0.4 is 10.1 Å². The number of nitrogens with one attached hydrogen (secondary N) is 2. The Morgan fingerprint density at radius 3 is 2.45 bits per heavy atom. The van der Waals surface area contributed by atoms with Gasteiger partial charge in [-0.3, -0.25) is 15.2 Å². The predicted molar refractivity (Wildman–Crippen MR) is 116 cm³/mol. The van der Waals surface area contributed by atoms with Crippen LogP contribution in [0.3, 0.4) is 0 Å². The molecule has 0 spiro atoms. The van der Waals surface area contributed by atoms with E-state index in [0.717, 1.165) is 29.6 Å². The Kier molecular flexibility index (Phi) is 6.37. The third-order valence-corrected chi connectivity index (χ3v) is 6.67. The second-order valence-electron chi connectivity index (χ2n) is 7.17. The molecule has 164 valence electrons. The number of ether oxygens (including phenoxy) is 1. The second kappa shape index (κ2) is 8.67. The first-order chi connectivity index (χ1) is 14.5. The van der Waals surface area contributed by atoms with Crippen LogP contribution in [0.15, 0.2) is 52.3 Å². The number of H-pyrrole nitrogens is 1. The number of methoxy groups -OCH3 is 1. The largest absolute Gasteiger partial charge is 0.497 e. The quantitative estimate of drug-likeness (QED) is 0.514. The van der Waals surface area contributed by atoms with E-state index in [1.807, 2.05) is 0 Å². The van der Waals surface area contributed by atoms with Crippen molar-refractivity contribution in [3.8, 4) is 17.1 Å². The summed E-state index contributed by atoms with van der Waals surface area (Å²) in [4.78, 5) is 17.0. The van der Waals surface area contributed by atoms with Crippen molar-refractivity contribution in [2.24, 2.45) is 0 Å². The van der Waals surface area contributed by atoms with Gasteiger partial charge in [0, 0.05) is 16.7 Å². The van der Waals surface area contributed by atoms with Gasteiger partial charge in [0.25, 0.3) is 0 Å². The van der Waals surface area contributed by atoms with Crippen LogP contribution in [0.1, 0.15) is 13.8 Å². The smallest absolute Gasteiger partial charge is 0.249 e. The van der Waals surface area contributed by atoms with Crippen molar-refractivity contribution < 1.29 is 22.3 Å². The van der Waals surface area contributed by atoms with Gasteiger partial charge in [-0.2, -0.15) is 4.98 Å². The zero-order valence-corrected chi connectivity index (χ0v) is 18.9. The van der Waals surface area contributed by atoms with Gasteiger partial charge in [-0.15, -0.1) is 16.9 Å². The number of amides is 1. The Bertz CT molecular complexity index is 1210. The summed E-state index contributed by atoms with van der Waals surface area (Å²) in [5.74, 6) is 0.0911. The molecule has 0 aliphatic carbocycles. The van der Waals surface area contributed by atoms with Gasteiger partial charge in [-0.1, -0.05) is 0 Å². The molecule has 3 aromatic rings. The highest BCUT2D eigenvalue weighted by Crippen LogP contribution is 2.35. The number of hydrogen-bond acceptors (Lipinski definition) is 7. The number of rotatable bonds is 7. The molecule has 0 saturated heterocycles. The summed E-state index contributed by atoms with van der Waals surface area (Å²) in [5, 5.41) is 9.37. The van der Waals surface area contributed by atoms with Gasteiger partial charge < -0.3 is 4.74 Å². The fourth-order valence-corrected chi connectivity index (χ4v) is 4.18. The van der Waals surface area contributed by atoms with Gasteiger partial charge in [0.1, 0.15) is 11.6 Å². The molecule has 0 bridgehead atoms. The van der Waals surface area contributed by atoms with E-state index < -0.39 is 26.3 Å². The highest BCUT2D eigenvalue weighted by molar-refractivity contribution is 8.01. The number of thioether (sulfide) groups is 1. The molecule has 2 aromatic carbocycles. The topological polar surface area (TPSA) is 114 Å². The van der Waals surface area contributed by atoms with Crippen molar-refractivity contribution >= 4 is 33.5 Å². The monoisotopic (exact) mass is 464 g/mol. The van der Waals surface area contributed by atoms with Crippen LogP contribution in [0.5, 0.6) is 5.75 Å². The molecule has 0 unspecified atom stereocenters. The van der Waals surface area contributed by atoms with E-state index in [9.17, 15) is 17.6 Å². The molecular weight excluding hydrogens is 443 g/mol. The summed E-state index contributed by atoms with van der Waals surface area (Å²) in [7, 11) is -1.95. The number of aromatic nitrogens is 3. The van der Waals surface area contributed by atoms with Crippen LogP contribution in [0.25, 0.3) is 11.4 Å². The molecule has 0 radical (unpaired) electrons. The predicted octanol–water partition coefficient (Wildman–Crippen LogP) is 3.53. The van der Waals surface area contributed by atoms with Gasteiger partial charge in [0.05, 0.1) is 16.8 Å². The number of benzene rings is 2. The van der Waals surface area contributed by atoms with Crippen LogP contribution in [0.2, 0.25) is 0 Å². The van der Waals surface area contributed by atoms with Crippen molar-refractivity contribution in [2.45, 2.75) is 28.4 Å². The van der Waals surface area contributed by atoms with Crippen molar-refractivity contribution in [1.82, 2.24) is 15.2 Å². The lowest BCUT2D eigenvalue weighted by Gasteiger charge is -2.22. The summed E-state index contributed by atoms with van der Waals surface area (Å²) in [6, 6.07) is 10.8. The summed E-state index contributed by atoms with van der Waals surface area (Å²) < 4.78 is 41.6. The first-order valence-electron chi connectivity index (χ1n) is 9.06. The van der Waals surface area contributed by atoms with Gasteiger partial charge in [-0.05, 0) is 56.3 Å². The van der Waals surface area contributed by atoms with E-state index in [0.29, 0.717) is 11.6 Å². The second-order valence-corrected chi connectivity index (χ2v) is 10.8. The fourth-order valence-electron chi connectivity index (χ4n) is 2.56. The maximum Gasteiger partial charge on any atom is 0.249 e. The molecule has 1 heterocycles. The number of halogens is 1. The number of sulfone groups is 1. The summed E-state index contributed by atoms with van der Waals surface area (Å²) >= 11 is 0.965. The van der Waals surface area contributed by atoms with E-state index in [4.69, 9.17) is 4.74 Å². The first-order valence-corrected chi connectivity index (χ1v) is 11.8. The van der Waals surface area contributed by atoms with Gasteiger partial charge in [0.2, 0.25) is 11.9 Å². The van der Waals surface area contributed by atoms with Crippen molar-refractivity contribution in [3.05, 3.63) is 48.3 Å². The number of carbonyl (C=O) groups excluding carboxylic acids is 1. The van der Waals surface area contributed by atoms with E-state index in [1.165, 1.54) is 12.1 Å². The Morgan fingerprint density at radius 1 is 1.19 bits per heavy atom. The number of carbonyl (C=O) groups is 1. The van der Waals surface area contributed by atoms with Crippen LogP contribution in [-0.4, -0.2) is 47.6 Å². The third-order valence-electron chi connectivity index (χ3n) is 4.32. The highest BCUT2D eigenvalue weighted by atomic mass is 32.2. The molecule has 8 nitrogen and oxygen atoms in total. The van der Waals surface area contributed by atoms with E-state index in [-0.39, 0.29) is 15.7 Å². The summed E-state index contributed by atoms with van der Waals surface area (Å²) in [6.07, 6.45) is 1.00. The van der Waals surface area contributed by atoms with Gasteiger partial charge in [0.15, 0.2) is 15.7 Å². The number of aromatic amines is 1.